The fraction of sp³-hybridized carbons (Fsp3) is 0.333. The summed E-state index contributed by atoms with van der Waals surface area (Å²) in [7, 11) is 0. The topological polar surface area (TPSA) is 52.0 Å². The van der Waals surface area contributed by atoms with Gasteiger partial charge in [-0.1, -0.05) is 7.43 Å². The second-order valence-electron chi connectivity index (χ2n) is 2.57. The zero-order valence-electron chi connectivity index (χ0n) is 6.31. The molecule has 0 aliphatic carbocycles. The van der Waals surface area contributed by atoms with Crippen LogP contribution in [0, 0.1) is 13.8 Å². The van der Waals surface area contributed by atoms with Crippen molar-refractivity contribution in [2.45, 2.75) is 21.3 Å². The molecule has 0 saturated heterocycles. The van der Waals surface area contributed by atoms with Crippen LogP contribution in [0.1, 0.15) is 18.6 Å². The van der Waals surface area contributed by atoms with Crippen molar-refractivity contribution in [1.82, 2.24) is 0 Å². The molecule has 1 aromatic carbocycles. The van der Waals surface area contributed by atoms with Gasteiger partial charge in [-0.15, -0.1) is 0 Å². The molecule has 0 fully saturated rings. The van der Waals surface area contributed by atoms with E-state index < -0.39 is 0 Å². The van der Waals surface area contributed by atoms with Crippen molar-refractivity contribution in [2.75, 3.05) is 11.5 Å². The monoisotopic (exact) mass is 152 g/mol. The minimum absolute atomic E-state index is 0. The van der Waals surface area contributed by atoms with E-state index in [1.165, 1.54) is 11.1 Å². The molecule has 0 spiro atoms. The van der Waals surface area contributed by atoms with Crippen molar-refractivity contribution in [3.63, 3.8) is 0 Å². The summed E-state index contributed by atoms with van der Waals surface area (Å²) in [5, 5.41) is 0. The molecule has 4 N–H and O–H groups in total. The lowest BCUT2D eigenvalue weighted by Crippen LogP contribution is -1.96. The summed E-state index contributed by atoms with van der Waals surface area (Å²) in [6.45, 7) is 4.04. The number of hydrogen-bond donors (Lipinski definition) is 2. The molecule has 1 aromatic rings. The molecule has 0 aliphatic heterocycles. The van der Waals surface area contributed by atoms with Gasteiger partial charge in [0, 0.05) is 0 Å². The van der Waals surface area contributed by atoms with Gasteiger partial charge in [0.1, 0.15) is 0 Å². The molecule has 0 amide bonds. The van der Waals surface area contributed by atoms with Gasteiger partial charge < -0.3 is 11.5 Å². The predicted octanol–water partition coefficient (Wildman–Crippen LogP) is 2.10. The molecule has 11 heavy (non-hydrogen) atoms. The molecular formula is C9H16N2. The zero-order chi connectivity index (χ0) is 7.72. The Morgan fingerprint density at radius 3 is 1.45 bits per heavy atom. The Morgan fingerprint density at radius 2 is 1.18 bits per heavy atom. The van der Waals surface area contributed by atoms with Crippen LogP contribution in [0.3, 0.4) is 0 Å². The minimum Gasteiger partial charge on any atom is -0.397 e. The Hall–Kier alpha value is -1.18. The fourth-order valence-electron chi connectivity index (χ4n) is 0.861. The second kappa shape index (κ2) is 3.28. The molecule has 0 aromatic heterocycles. The first kappa shape index (κ1) is 9.82. The minimum atomic E-state index is 0. The first-order valence-corrected chi connectivity index (χ1v) is 3.23. The maximum atomic E-state index is 5.56. The molecular weight excluding hydrogens is 136 g/mol. The van der Waals surface area contributed by atoms with Crippen LogP contribution < -0.4 is 11.5 Å². The third-order valence-electron chi connectivity index (χ3n) is 1.70. The van der Waals surface area contributed by atoms with E-state index >= 15 is 0 Å². The molecule has 0 bridgehead atoms. The lowest BCUT2D eigenvalue weighted by molar-refractivity contribution is 1.35. The van der Waals surface area contributed by atoms with Crippen LogP contribution >= 0.6 is 0 Å². The van der Waals surface area contributed by atoms with Crippen LogP contribution in [-0.2, 0) is 0 Å². The van der Waals surface area contributed by atoms with E-state index in [4.69, 9.17) is 11.5 Å². The van der Waals surface area contributed by atoms with Gasteiger partial charge in [-0.2, -0.15) is 0 Å². The van der Waals surface area contributed by atoms with Gasteiger partial charge in [-0.05, 0) is 37.1 Å². The number of aryl methyl sites for hydroxylation is 2. The molecule has 2 heteroatoms. The quantitative estimate of drug-likeness (QED) is 0.559. The molecule has 0 atom stereocenters. The Bertz CT molecular complexity index is 204. The van der Waals surface area contributed by atoms with Crippen molar-refractivity contribution in [1.29, 1.82) is 0 Å². The number of nitrogen functional groups attached to an aromatic ring is 2. The van der Waals surface area contributed by atoms with Gasteiger partial charge in [-0.3, -0.25) is 0 Å². The first-order valence-electron chi connectivity index (χ1n) is 3.23. The Labute approximate surface area is 68.2 Å². The number of hydrogen-bond acceptors (Lipinski definition) is 2. The lowest BCUT2D eigenvalue weighted by atomic mass is 10.1. The molecule has 0 saturated carbocycles. The summed E-state index contributed by atoms with van der Waals surface area (Å²) >= 11 is 0. The van der Waals surface area contributed by atoms with Crippen LogP contribution in [0.15, 0.2) is 12.1 Å². The normalized spacial score (nSPS) is 8.91. The fourth-order valence-corrected chi connectivity index (χ4v) is 0.861. The van der Waals surface area contributed by atoms with Crippen LogP contribution in [0.4, 0.5) is 11.4 Å². The van der Waals surface area contributed by atoms with E-state index in [1.54, 1.807) is 0 Å². The lowest BCUT2D eigenvalue weighted by Gasteiger charge is -2.03. The Balaban J connectivity index is 0.000001000. The third-order valence-corrected chi connectivity index (χ3v) is 1.70. The maximum Gasteiger partial charge on any atom is 0.0550 e. The molecule has 1 rings (SSSR count). The highest BCUT2D eigenvalue weighted by Crippen LogP contribution is 2.18. The highest BCUT2D eigenvalue weighted by molar-refractivity contribution is 5.65. The molecule has 0 unspecified atom stereocenters. The first-order chi connectivity index (χ1) is 4.61. The molecule has 62 valence electrons. The summed E-state index contributed by atoms with van der Waals surface area (Å²) < 4.78 is 0. The van der Waals surface area contributed by atoms with Crippen LogP contribution in [0.25, 0.3) is 0 Å². The van der Waals surface area contributed by atoms with E-state index in [0.717, 1.165) is 0 Å². The largest absolute Gasteiger partial charge is 0.397 e. The van der Waals surface area contributed by atoms with E-state index in [2.05, 4.69) is 0 Å². The number of rotatable bonds is 0. The van der Waals surface area contributed by atoms with E-state index in [-0.39, 0.29) is 7.43 Å². The molecule has 2 nitrogen and oxygen atoms in total. The van der Waals surface area contributed by atoms with Crippen LogP contribution in [0.5, 0.6) is 0 Å². The highest BCUT2D eigenvalue weighted by atomic mass is 14.7. The standard InChI is InChI=1S/C8H12N2.CH4/c1-5-3-7(9)8(10)4-6(5)2;/h3-4H,9-10H2,1-2H3;1H4. The molecule has 0 heterocycles. The number of anilines is 2. The summed E-state index contributed by atoms with van der Waals surface area (Å²) in [4.78, 5) is 0. The van der Waals surface area contributed by atoms with Crippen molar-refractivity contribution in [3.8, 4) is 0 Å². The Kier molecular flexibility index (Phi) is 2.93. The van der Waals surface area contributed by atoms with Crippen LogP contribution in [-0.4, -0.2) is 0 Å². The average molecular weight is 152 g/mol. The summed E-state index contributed by atoms with van der Waals surface area (Å²) in [6, 6.07) is 3.79. The second-order valence-corrected chi connectivity index (χ2v) is 2.57. The predicted molar refractivity (Wildman–Crippen MR) is 51.5 cm³/mol. The maximum absolute atomic E-state index is 5.56. The number of benzene rings is 1. The van der Waals surface area contributed by atoms with Crippen molar-refractivity contribution >= 4 is 11.4 Å². The smallest absolute Gasteiger partial charge is 0.0550 e. The summed E-state index contributed by atoms with van der Waals surface area (Å²) in [6.07, 6.45) is 0. The van der Waals surface area contributed by atoms with Crippen molar-refractivity contribution in [2.24, 2.45) is 0 Å². The number of nitrogens with two attached hydrogens (primary N) is 2. The van der Waals surface area contributed by atoms with Crippen molar-refractivity contribution < 1.29 is 0 Å². The van der Waals surface area contributed by atoms with Crippen molar-refractivity contribution in [3.05, 3.63) is 23.3 Å². The average Bonchev–Trinajstić information content (AvgIpc) is 1.84. The van der Waals surface area contributed by atoms with E-state index in [9.17, 15) is 0 Å². The molecule has 0 aliphatic rings. The summed E-state index contributed by atoms with van der Waals surface area (Å²) in [5.41, 5.74) is 14.8. The van der Waals surface area contributed by atoms with Gasteiger partial charge in [0.15, 0.2) is 0 Å². The highest BCUT2D eigenvalue weighted by Gasteiger charge is 1.96. The Morgan fingerprint density at radius 1 is 0.909 bits per heavy atom. The van der Waals surface area contributed by atoms with E-state index in [1.807, 2.05) is 26.0 Å². The van der Waals surface area contributed by atoms with E-state index in [0.29, 0.717) is 11.4 Å². The van der Waals surface area contributed by atoms with Gasteiger partial charge >= 0.3 is 0 Å². The van der Waals surface area contributed by atoms with Gasteiger partial charge in [0.25, 0.3) is 0 Å². The SMILES string of the molecule is C.Cc1cc(N)c(N)cc1C. The van der Waals surface area contributed by atoms with Gasteiger partial charge in [-0.25, -0.2) is 0 Å². The van der Waals surface area contributed by atoms with Gasteiger partial charge in [0.05, 0.1) is 11.4 Å². The third kappa shape index (κ3) is 1.87. The van der Waals surface area contributed by atoms with Crippen LogP contribution in [0.2, 0.25) is 0 Å². The summed E-state index contributed by atoms with van der Waals surface area (Å²) in [5.74, 6) is 0. The van der Waals surface area contributed by atoms with Gasteiger partial charge in [0.2, 0.25) is 0 Å². The zero-order valence-corrected chi connectivity index (χ0v) is 6.31. The molecule has 0 radical (unpaired) electrons.